The van der Waals surface area contributed by atoms with Gasteiger partial charge in [0.05, 0.1) is 18.8 Å². The van der Waals surface area contributed by atoms with Gasteiger partial charge in [-0.2, -0.15) is 0 Å². The van der Waals surface area contributed by atoms with E-state index in [-0.39, 0.29) is 12.5 Å². The summed E-state index contributed by atoms with van der Waals surface area (Å²) >= 11 is 0. The highest BCUT2D eigenvalue weighted by Gasteiger charge is 2.10. The van der Waals surface area contributed by atoms with Crippen LogP contribution in [0.2, 0.25) is 0 Å². The normalized spacial score (nSPS) is 13.4. The van der Waals surface area contributed by atoms with Crippen LogP contribution in [0.3, 0.4) is 0 Å². The number of carbonyl (C=O) groups excluding carboxylic acids is 2. The zero-order chi connectivity index (χ0) is 18.9. The molecule has 2 aromatic carbocycles. The summed E-state index contributed by atoms with van der Waals surface area (Å²) < 4.78 is 16.6. The Bertz CT molecular complexity index is 817. The van der Waals surface area contributed by atoms with Gasteiger partial charge in [-0.1, -0.05) is 24.3 Å². The van der Waals surface area contributed by atoms with Crippen molar-refractivity contribution >= 4 is 17.9 Å². The second-order valence-corrected chi connectivity index (χ2v) is 6.00. The fraction of sp³-hybridized carbons (Fsp3) is 0.238. The SMILES string of the molecule is O=Cc1ccc(OCC2=CCOCC2)cc1OCC(=O)Nc1ccccc1. The van der Waals surface area contributed by atoms with Crippen molar-refractivity contribution in [2.45, 2.75) is 6.42 Å². The molecule has 6 heteroatoms. The molecule has 0 aromatic heterocycles. The number of benzene rings is 2. The molecule has 0 unspecified atom stereocenters. The number of carbonyl (C=O) groups is 2. The van der Waals surface area contributed by atoms with Crippen LogP contribution < -0.4 is 14.8 Å². The van der Waals surface area contributed by atoms with E-state index in [1.54, 1.807) is 30.3 Å². The molecule has 2 aromatic rings. The molecule has 0 spiro atoms. The molecule has 0 saturated heterocycles. The first kappa shape index (κ1) is 18.7. The first-order valence-electron chi connectivity index (χ1n) is 8.70. The van der Waals surface area contributed by atoms with Gasteiger partial charge in [-0.15, -0.1) is 0 Å². The average molecular weight is 367 g/mol. The summed E-state index contributed by atoms with van der Waals surface area (Å²) in [6.45, 7) is 1.55. The Kier molecular flexibility index (Phi) is 6.60. The lowest BCUT2D eigenvalue weighted by Gasteiger charge is -2.15. The second kappa shape index (κ2) is 9.54. The summed E-state index contributed by atoms with van der Waals surface area (Å²) in [4.78, 5) is 23.3. The van der Waals surface area contributed by atoms with E-state index in [4.69, 9.17) is 14.2 Å². The number of para-hydroxylation sites is 1. The number of nitrogens with one attached hydrogen (secondary N) is 1. The number of ether oxygens (including phenoxy) is 3. The summed E-state index contributed by atoms with van der Waals surface area (Å²) in [5.74, 6) is 0.579. The summed E-state index contributed by atoms with van der Waals surface area (Å²) in [5, 5.41) is 2.73. The Morgan fingerprint density at radius 3 is 2.74 bits per heavy atom. The minimum Gasteiger partial charge on any atom is -0.489 e. The maximum atomic E-state index is 12.0. The number of hydrogen-bond acceptors (Lipinski definition) is 5. The maximum Gasteiger partial charge on any atom is 0.262 e. The highest BCUT2D eigenvalue weighted by molar-refractivity contribution is 5.92. The van der Waals surface area contributed by atoms with Crippen molar-refractivity contribution in [1.82, 2.24) is 0 Å². The molecule has 1 N–H and O–H groups in total. The van der Waals surface area contributed by atoms with E-state index >= 15 is 0 Å². The van der Waals surface area contributed by atoms with Crippen LogP contribution in [0.25, 0.3) is 0 Å². The van der Waals surface area contributed by atoms with Crippen LogP contribution in [0.1, 0.15) is 16.8 Å². The molecule has 27 heavy (non-hydrogen) atoms. The van der Waals surface area contributed by atoms with Crippen molar-refractivity contribution in [3.05, 3.63) is 65.7 Å². The minimum atomic E-state index is -0.309. The highest BCUT2D eigenvalue weighted by Crippen LogP contribution is 2.24. The van der Waals surface area contributed by atoms with Crippen LogP contribution in [0.4, 0.5) is 5.69 Å². The summed E-state index contributed by atoms with van der Waals surface area (Å²) in [6.07, 6.45) is 3.54. The Morgan fingerprint density at radius 2 is 2.00 bits per heavy atom. The molecule has 1 amide bonds. The number of hydrogen-bond donors (Lipinski definition) is 1. The second-order valence-electron chi connectivity index (χ2n) is 6.00. The van der Waals surface area contributed by atoms with Gasteiger partial charge in [-0.05, 0) is 36.3 Å². The molecule has 1 aliphatic rings. The van der Waals surface area contributed by atoms with Crippen molar-refractivity contribution in [1.29, 1.82) is 0 Å². The average Bonchev–Trinajstić information content (AvgIpc) is 2.72. The van der Waals surface area contributed by atoms with E-state index < -0.39 is 0 Å². The monoisotopic (exact) mass is 367 g/mol. The smallest absolute Gasteiger partial charge is 0.262 e. The predicted molar refractivity (Wildman–Crippen MR) is 101 cm³/mol. The Labute approximate surface area is 157 Å². The van der Waals surface area contributed by atoms with E-state index in [1.807, 2.05) is 24.3 Å². The third-order valence-corrected chi connectivity index (χ3v) is 4.01. The van der Waals surface area contributed by atoms with Crippen molar-refractivity contribution in [3.63, 3.8) is 0 Å². The lowest BCUT2D eigenvalue weighted by atomic mass is 10.1. The van der Waals surface area contributed by atoms with Crippen LogP contribution in [0, 0.1) is 0 Å². The fourth-order valence-electron chi connectivity index (χ4n) is 2.56. The van der Waals surface area contributed by atoms with E-state index in [0.717, 1.165) is 6.42 Å². The standard InChI is InChI=1S/C21H21NO5/c23-13-17-6-7-19(26-14-16-8-10-25-11-9-16)12-20(17)27-15-21(24)22-18-4-2-1-3-5-18/h1-8,12-13H,9-11,14-15H2,(H,22,24). The van der Waals surface area contributed by atoms with Gasteiger partial charge in [-0.3, -0.25) is 9.59 Å². The molecular formula is C21H21NO5. The zero-order valence-corrected chi connectivity index (χ0v) is 14.9. The number of rotatable bonds is 8. The van der Waals surface area contributed by atoms with Gasteiger partial charge in [0.15, 0.2) is 12.9 Å². The van der Waals surface area contributed by atoms with E-state index in [9.17, 15) is 9.59 Å². The van der Waals surface area contributed by atoms with Crippen LogP contribution >= 0.6 is 0 Å². The topological polar surface area (TPSA) is 73.9 Å². The Balaban J connectivity index is 1.58. The van der Waals surface area contributed by atoms with Crippen molar-refractivity contribution in [3.8, 4) is 11.5 Å². The van der Waals surface area contributed by atoms with E-state index in [1.165, 1.54) is 5.57 Å². The van der Waals surface area contributed by atoms with Gasteiger partial charge in [-0.25, -0.2) is 0 Å². The summed E-state index contributed by atoms with van der Waals surface area (Å²) in [7, 11) is 0. The Hall–Kier alpha value is -3.12. The minimum absolute atomic E-state index is 0.207. The fourth-order valence-corrected chi connectivity index (χ4v) is 2.56. The molecule has 6 nitrogen and oxygen atoms in total. The zero-order valence-electron chi connectivity index (χ0n) is 14.9. The summed E-state index contributed by atoms with van der Waals surface area (Å²) in [5.41, 5.74) is 2.22. The third kappa shape index (κ3) is 5.69. The van der Waals surface area contributed by atoms with Crippen molar-refractivity contribution in [2.24, 2.45) is 0 Å². The molecule has 1 heterocycles. The van der Waals surface area contributed by atoms with Gasteiger partial charge in [0.1, 0.15) is 18.1 Å². The molecule has 0 aliphatic carbocycles. The van der Waals surface area contributed by atoms with Gasteiger partial charge in [0.25, 0.3) is 5.91 Å². The van der Waals surface area contributed by atoms with Crippen molar-refractivity contribution in [2.75, 3.05) is 31.7 Å². The van der Waals surface area contributed by atoms with Crippen LogP contribution in [-0.2, 0) is 9.53 Å². The van der Waals surface area contributed by atoms with Gasteiger partial charge in [0, 0.05) is 11.8 Å². The highest BCUT2D eigenvalue weighted by atomic mass is 16.5. The van der Waals surface area contributed by atoms with E-state index in [2.05, 4.69) is 5.32 Å². The first-order valence-corrected chi connectivity index (χ1v) is 8.70. The lowest BCUT2D eigenvalue weighted by Crippen LogP contribution is -2.20. The van der Waals surface area contributed by atoms with E-state index in [0.29, 0.717) is 48.9 Å². The molecule has 1 aliphatic heterocycles. The molecule has 0 fully saturated rings. The lowest BCUT2D eigenvalue weighted by molar-refractivity contribution is -0.118. The predicted octanol–water partition coefficient (Wildman–Crippen LogP) is 3.24. The largest absolute Gasteiger partial charge is 0.489 e. The Morgan fingerprint density at radius 1 is 1.15 bits per heavy atom. The molecular weight excluding hydrogens is 346 g/mol. The van der Waals surface area contributed by atoms with Crippen LogP contribution in [0.5, 0.6) is 11.5 Å². The number of anilines is 1. The third-order valence-electron chi connectivity index (χ3n) is 4.01. The molecule has 0 atom stereocenters. The van der Waals surface area contributed by atoms with Crippen LogP contribution in [-0.4, -0.2) is 38.6 Å². The van der Waals surface area contributed by atoms with Crippen molar-refractivity contribution < 1.29 is 23.8 Å². The molecule has 0 radical (unpaired) electrons. The maximum absolute atomic E-state index is 12.0. The quantitative estimate of drug-likeness (QED) is 0.573. The van der Waals surface area contributed by atoms with Crippen LogP contribution in [0.15, 0.2) is 60.2 Å². The molecule has 0 saturated carbocycles. The van der Waals surface area contributed by atoms with Gasteiger partial charge >= 0.3 is 0 Å². The van der Waals surface area contributed by atoms with Gasteiger partial charge < -0.3 is 19.5 Å². The molecule has 140 valence electrons. The number of amides is 1. The van der Waals surface area contributed by atoms with Gasteiger partial charge in [0.2, 0.25) is 0 Å². The molecule has 3 rings (SSSR count). The number of aldehydes is 1. The first-order chi connectivity index (χ1) is 13.2. The molecule has 0 bridgehead atoms. The summed E-state index contributed by atoms with van der Waals surface area (Å²) in [6, 6.07) is 14.0.